The van der Waals surface area contributed by atoms with Crippen molar-refractivity contribution in [3.05, 3.63) is 11.3 Å². The number of aryl methyl sites for hydroxylation is 2. The molecule has 2 N–H and O–H groups in total. The molecule has 0 unspecified atom stereocenters. The van der Waals surface area contributed by atoms with Crippen LogP contribution in [-0.4, -0.2) is 16.9 Å². The fraction of sp³-hybridized carbons (Fsp3) is 0.625. The number of nitrogens with zero attached hydrogens (tertiary/aromatic N) is 2. The molecule has 0 saturated carbocycles. The van der Waals surface area contributed by atoms with Gasteiger partial charge in [-0.25, -0.2) is 4.68 Å². The summed E-state index contributed by atoms with van der Waals surface area (Å²) in [6, 6.07) is 0. The minimum Gasteiger partial charge on any atom is -0.481 e. The zero-order valence-electron chi connectivity index (χ0n) is 7.79. The quantitative estimate of drug-likeness (QED) is 0.723. The van der Waals surface area contributed by atoms with Crippen LogP contribution in [0, 0.1) is 6.92 Å². The predicted molar refractivity (Wildman–Crippen MR) is 47.1 cm³/mol. The van der Waals surface area contributed by atoms with Gasteiger partial charge in [-0.05, 0) is 13.8 Å². The summed E-state index contributed by atoms with van der Waals surface area (Å²) in [5.74, 6) is 0.789. The van der Waals surface area contributed by atoms with Crippen molar-refractivity contribution in [3.8, 4) is 5.88 Å². The zero-order chi connectivity index (χ0) is 9.14. The maximum atomic E-state index is 5.56. The SMILES string of the molecule is CCn1nc(C)c(CN)c1OC. The maximum absolute atomic E-state index is 5.56. The highest BCUT2D eigenvalue weighted by atomic mass is 16.5. The molecular weight excluding hydrogens is 154 g/mol. The second kappa shape index (κ2) is 3.58. The molecule has 68 valence electrons. The van der Waals surface area contributed by atoms with Crippen LogP contribution in [0.25, 0.3) is 0 Å². The third kappa shape index (κ3) is 1.30. The fourth-order valence-electron chi connectivity index (χ4n) is 1.28. The summed E-state index contributed by atoms with van der Waals surface area (Å²) in [4.78, 5) is 0. The van der Waals surface area contributed by atoms with E-state index >= 15 is 0 Å². The van der Waals surface area contributed by atoms with Crippen LogP contribution in [0.5, 0.6) is 5.88 Å². The largest absolute Gasteiger partial charge is 0.481 e. The molecule has 0 fully saturated rings. The van der Waals surface area contributed by atoms with E-state index in [1.54, 1.807) is 7.11 Å². The normalized spacial score (nSPS) is 10.3. The Labute approximate surface area is 72.3 Å². The molecule has 1 heterocycles. The van der Waals surface area contributed by atoms with E-state index in [0.717, 1.165) is 23.7 Å². The topological polar surface area (TPSA) is 53.1 Å². The van der Waals surface area contributed by atoms with Crippen LogP contribution >= 0.6 is 0 Å². The minimum atomic E-state index is 0.481. The Morgan fingerprint density at radius 2 is 2.25 bits per heavy atom. The van der Waals surface area contributed by atoms with Gasteiger partial charge in [-0.1, -0.05) is 0 Å². The lowest BCUT2D eigenvalue weighted by atomic mass is 10.2. The van der Waals surface area contributed by atoms with Crippen LogP contribution in [0.3, 0.4) is 0 Å². The summed E-state index contributed by atoms with van der Waals surface area (Å²) < 4.78 is 7.02. The van der Waals surface area contributed by atoms with E-state index < -0.39 is 0 Å². The van der Waals surface area contributed by atoms with Gasteiger partial charge in [0.25, 0.3) is 0 Å². The molecule has 0 saturated heterocycles. The average molecular weight is 169 g/mol. The van der Waals surface area contributed by atoms with Crippen LogP contribution < -0.4 is 10.5 Å². The van der Waals surface area contributed by atoms with Gasteiger partial charge in [-0.15, -0.1) is 0 Å². The third-order valence-electron chi connectivity index (χ3n) is 1.90. The Kier molecular flexibility index (Phi) is 2.70. The molecule has 0 spiro atoms. The van der Waals surface area contributed by atoms with Gasteiger partial charge < -0.3 is 10.5 Å². The second-order valence-corrected chi connectivity index (χ2v) is 2.59. The lowest BCUT2D eigenvalue weighted by Crippen LogP contribution is -2.03. The van der Waals surface area contributed by atoms with Crippen molar-refractivity contribution < 1.29 is 4.74 Å². The molecule has 1 aromatic heterocycles. The van der Waals surface area contributed by atoms with E-state index in [0.29, 0.717) is 6.54 Å². The molecule has 0 aliphatic heterocycles. The monoisotopic (exact) mass is 169 g/mol. The average Bonchev–Trinajstić information content (AvgIpc) is 2.40. The molecule has 4 nitrogen and oxygen atoms in total. The van der Waals surface area contributed by atoms with Gasteiger partial charge in [0.05, 0.1) is 18.4 Å². The first kappa shape index (κ1) is 9.06. The minimum absolute atomic E-state index is 0.481. The van der Waals surface area contributed by atoms with Crippen molar-refractivity contribution in [3.63, 3.8) is 0 Å². The Hall–Kier alpha value is -1.03. The van der Waals surface area contributed by atoms with Crippen molar-refractivity contribution in [1.82, 2.24) is 9.78 Å². The Morgan fingerprint density at radius 3 is 2.67 bits per heavy atom. The van der Waals surface area contributed by atoms with Crippen LogP contribution in [0.15, 0.2) is 0 Å². The van der Waals surface area contributed by atoms with E-state index in [1.165, 1.54) is 0 Å². The first-order chi connectivity index (χ1) is 5.74. The van der Waals surface area contributed by atoms with E-state index in [2.05, 4.69) is 5.10 Å². The molecule has 0 aliphatic rings. The first-order valence-electron chi connectivity index (χ1n) is 4.04. The van der Waals surface area contributed by atoms with Gasteiger partial charge in [-0.3, -0.25) is 0 Å². The summed E-state index contributed by atoms with van der Waals surface area (Å²) in [5, 5.41) is 4.28. The predicted octanol–water partition coefficient (Wildman–Crippen LogP) is 0.679. The van der Waals surface area contributed by atoms with E-state index in [4.69, 9.17) is 10.5 Å². The molecular formula is C8H15N3O. The van der Waals surface area contributed by atoms with Gasteiger partial charge in [0.1, 0.15) is 0 Å². The highest BCUT2D eigenvalue weighted by Gasteiger charge is 2.12. The van der Waals surface area contributed by atoms with Gasteiger partial charge >= 0.3 is 0 Å². The molecule has 1 aromatic rings. The van der Waals surface area contributed by atoms with Gasteiger partial charge in [-0.2, -0.15) is 5.10 Å². The molecule has 0 amide bonds. The zero-order valence-corrected chi connectivity index (χ0v) is 7.79. The Balaban J connectivity index is 3.16. The molecule has 12 heavy (non-hydrogen) atoms. The molecule has 0 atom stereocenters. The van der Waals surface area contributed by atoms with E-state index in [1.807, 2.05) is 18.5 Å². The number of nitrogens with two attached hydrogens (primary N) is 1. The van der Waals surface area contributed by atoms with Crippen LogP contribution in [-0.2, 0) is 13.1 Å². The Morgan fingerprint density at radius 1 is 1.58 bits per heavy atom. The number of hydrogen-bond donors (Lipinski definition) is 1. The standard InChI is InChI=1S/C8H15N3O/c1-4-11-8(12-3)7(5-9)6(2)10-11/h4-5,9H2,1-3H3. The van der Waals surface area contributed by atoms with Crippen LogP contribution in [0.4, 0.5) is 0 Å². The molecule has 1 rings (SSSR count). The Bertz CT molecular complexity index is 268. The van der Waals surface area contributed by atoms with Crippen molar-refractivity contribution >= 4 is 0 Å². The van der Waals surface area contributed by atoms with Crippen molar-refractivity contribution in [2.24, 2.45) is 5.73 Å². The summed E-state index contributed by atoms with van der Waals surface area (Å²) in [6.07, 6.45) is 0. The smallest absolute Gasteiger partial charge is 0.216 e. The third-order valence-corrected chi connectivity index (χ3v) is 1.90. The fourth-order valence-corrected chi connectivity index (χ4v) is 1.28. The molecule has 0 aliphatic carbocycles. The van der Waals surface area contributed by atoms with Gasteiger partial charge in [0.2, 0.25) is 5.88 Å². The second-order valence-electron chi connectivity index (χ2n) is 2.59. The summed E-state index contributed by atoms with van der Waals surface area (Å²) in [5.41, 5.74) is 7.52. The number of methoxy groups -OCH3 is 1. The van der Waals surface area contributed by atoms with Gasteiger partial charge in [0, 0.05) is 13.1 Å². The summed E-state index contributed by atoms with van der Waals surface area (Å²) in [7, 11) is 1.64. The number of aromatic nitrogens is 2. The summed E-state index contributed by atoms with van der Waals surface area (Å²) >= 11 is 0. The van der Waals surface area contributed by atoms with E-state index in [-0.39, 0.29) is 0 Å². The maximum Gasteiger partial charge on any atom is 0.216 e. The van der Waals surface area contributed by atoms with Crippen LogP contribution in [0.2, 0.25) is 0 Å². The van der Waals surface area contributed by atoms with E-state index in [9.17, 15) is 0 Å². The van der Waals surface area contributed by atoms with Crippen molar-refractivity contribution in [2.75, 3.05) is 7.11 Å². The van der Waals surface area contributed by atoms with Crippen LogP contribution in [0.1, 0.15) is 18.2 Å². The lowest BCUT2D eigenvalue weighted by molar-refractivity contribution is 0.360. The number of ether oxygens (including phenoxy) is 1. The summed E-state index contributed by atoms with van der Waals surface area (Å²) in [6.45, 7) is 5.26. The highest BCUT2D eigenvalue weighted by molar-refractivity contribution is 5.30. The molecule has 0 aromatic carbocycles. The number of rotatable bonds is 3. The molecule has 4 heteroatoms. The first-order valence-corrected chi connectivity index (χ1v) is 4.04. The molecule has 0 bridgehead atoms. The van der Waals surface area contributed by atoms with Gasteiger partial charge in [0.15, 0.2) is 0 Å². The lowest BCUT2D eigenvalue weighted by Gasteiger charge is -2.03. The molecule has 0 radical (unpaired) electrons. The van der Waals surface area contributed by atoms with Crippen molar-refractivity contribution in [2.45, 2.75) is 26.9 Å². The highest BCUT2D eigenvalue weighted by Crippen LogP contribution is 2.20. The number of hydrogen-bond acceptors (Lipinski definition) is 3. The van der Waals surface area contributed by atoms with Crippen molar-refractivity contribution in [1.29, 1.82) is 0 Å².